The second-order valence-corrected chi connectivity index (χ2v) is 6.09. The molecule has 1 saturated heterocycles. The summed E-state index contributed by atoms with van der Waals surface area (Å²) in [7, 11) is 0. The number of hydrogen-bond acceptors (Lipinski definition) is 4. The second-order valence-electron chi connectivity index (χ2n) is 5.02. The highest BCUT2D eigenvalue weighted by Gasteiger charge is 2.33. The average Bonchev–Trinajstić information content (AvgIpc) is 2.89. The Kier molecular flexibility index (Phi) is 4.11. The van der Waals surface area contributed by atoms with E-state index in [-0.39, 0.29) is 17.0 Å². The highest BCUT2D eigenvalue weighted by molar-refractivity contribution is 8.00. The van der Waals surface area contributed by atoms with Crippen LogP contribution in [-0.2, 0) is 11.3 Å². The van der Waals surface area contributed by atoms with Crippen LogP contribution in [0.4, 0.5) is 5.69 Å². The first-order valence-electron chi connectivity index (χ1n) is 6.84. The zero-order chi connectivity index (χ0) is 15.5. The number of carbonyl (C=O) groups excluding carboxylic acids is 1. The Morgan fingerprint density at radius 1 is 1.18 bits per heavy atom. The van der Waals surface area contributed by atoms with Crippen molar-refractivity contribution in [2.45, 2.75) is 11.9 Å². The van der Waals surface area contributed by atoms with Gasteiger partial charge in [0.25, 0.3) is 5.69 Å². The molecule has 6 heteroatoms. The van der Waals surface area contributed by atoms with E-state index in [1.54, 1.807) is 17.0 Å². The lowest BCUT2D eigenvalue weighted by Gasteiger charge is -2.24. The van der Waals surface area contributed by atoms with Crippen molar-refractivity contribution in [3.05, 3.63) is 75.8 Å². The van der Waals surface area contributed by atoms with Crippen molar-refractivity contribution >= 4 is 23.4 Å². The van der Waals surface area contributed by atoms with Crippen molar-refractivity contribution in [2.75, 3.05) is 5.75 Å². The van der Waals surface area contributed by atoms with Gasteiger partial charge in [-0.3, -0.25) is 14.9 Å². The van der Waals surface area contributed by atoms with Crippen molar-refractivity contribution in [3.8, 4) is 0 Å². The van der Waals surface area contributed by atoms with E-state index in [1.165, 1.54) is 17.8 Å². The van der Waals surface area contributed by atoms with Crippen molar-refractivity contribution in [2.24, 2.45) is 0 Å². The van der Waals surface area contributed by atoms with Gasteiger partial charge >= 0.3 is 0 Å². The van der Waals surface area contributed by atoms with Crippen LogP contribution < -0.4 is 0 Å². The van der Waals surface area contributed by atoms with Crippen molar-refractivity contribution in [1.29, 1.82) is 0 Å². The van der Waals surface area contributed by atoms with E-state index in [4.69, 9.17) is 0 Å². The molecule has 1 heterocycles. The Hall–Kier alpha value is -2.34. The molecule has 0 aromatic heterocycles. The molecule has 2 aromatic rings. The average molecular weight is 314 g/mol. The van der Waals surface area contributed by atoms with Gasteiger partial charge in [-0.25, -0.2) is 0 Å². The van der Waals surface area contributed by atoms with Crippen LogP contribution in [0.3, 0.4) is 0 Å². The maximum Gasteiger partial charge on any atom is 0.269 e. The van der Waals surface area contributed by atoms with Gasteiger partial charge in [0, 0.05) is 18.7 Å². The third-order valence-electron chi connectivity index (χ3n) is 3.53. The van der Waals surface area contributed by atoms with Crippen LogP contribution in [0.5, 0.6) is 0 Å². The number of rotatable bonds is 4. The number of non-ortho nitro benzene ring substituents is 1. The van der Waals surface area contributed by atoms with E-state index in [2.05, 4.69) is 0 Å². The minimum absolute atomic E-state index is 0.0529. The van der Waals surface area contributed by atoms with Crippen molar-refractivity contribution in [1.82, 2.24) is 4.90 Å². The highest BCUT2D eigenvalue weighted by Crippen LogP contribution is 2.40. The normalized spacial score (nSPS) is 17.7. The van der Waals surface area contributed by atoms with Crippen LogP contribution in [0.1, 0.15) is 16.5 Å². The summed E-state index contributed by atoms with van der Waals surface area (Å²) >= 11 is 1.51. The molecule has 5 nitrogen and oxygen atoms in total. The summed E-state index contributed by atoms with van der Waals surface area (Å²) in [4.78, 5) is 24.4. The fourth-order valence-electron chi connectivity index (χ4n) is 2.47. The molecule has 0 unspecified atom stereocenters. The van der Waals surface area contributed by atoms with E-state index >= 15 is 0 Å². The number of hydrogen-bond donors (Lipinski definition) is 0. The topological polar surface area (TPSA) is 63.4 Å². The summed E-state index contributed by atoms with van der Waals surface area (Å²) in [6.07, 6.45) is 0. The van der Waals surface area contributed by atoms with E-state index < -0.39 is 4.92 Å². The van der Waals surface area contributed by atoms with Gasteiger partial charge in [0.1, 0.15) is 5.37 Å². The monoisotopic (exact) mass is 314 g/mol. The predicted molar refractivity (Wildman–Crippen MR) is 85.3 cm³/mol. The van der Waals surface area contributed by atoms with Crippen LogP contribution in [-0.4, -0.2) is 21.5 Å². The SMILES string of the molecule is O=C1CS[C@@H](c2cccc([N+](=O)[O-])c2)N1Cc1ccccc1. The molecule has 0 N–H and O–H groups in total. The van der Waals surface area contributed by atoms with Gasteiger partial charge in [-0.15, -0.1) is 11.8 Å². The van der Waals surface area contributed by atoms with Gasteiger partial charge in [-0.1, -0.05) is 42.5 Å². The Balaban J connectivity index is 1.87. The highest BCUT2D eigenvalue weighted by atomic mass is 32.2. The van der Waals surface area contributed by atoms with E-state index in [1.807, 2.05) is 36.4 Å². The van der Waals surface area contributed by atoms with Crippen molar-refractivity contribution in [3.63, 3.8) is 0 Å². The molecule has 22 heavy (non-hydrogen) atoms. The van der Waals surface area contributed by atoms with Gasteiger partial charge < -0.3 is 4.90 Å². The Morgan fingerprint density at radius 3 is 2.68 bits per heavy atom. The number of amides is 1. The van der Waals surface area contributed by atoms with Gasteiger partial charge in [0.05, 0.1) is 10.7 Å². The molecule has 0 spiro atoms. The lowest BCUT2D eigenvalue weighted by molar-refractivity contribution is -0.384. The molecule has 0 aliphatic carbocycles. The maximum atomic E-state index is 12.2. The number of thioether (sulfide) groups is 1. The van der Waals surface area contributed by atoms with Gasteiger partial charge in [-0.2, -0.15) is 0 Å². The lowest BCUT2D eigenvalue weighted by Crippen LogP contribution is -2.27. The van der Waals surface area contributed by atoms with Crippen LogP contribution in [0.15, 0.2) is 54.6 Å². The Morgan fingerprint density at radius 2 is 1.95 bits per heavy atom. The molecular weight excluding hydrogens is 300 g/mol. The molecule has 1 fully saturated rings. The fraction of sp³-hybridized carbons (Fsp3) is 0.188. The van der Waals surface area contributed by atoms with Crippen LogP contribution in [0, 0.1) is 10.1 Å². The number of nitrogens with zero attached hydrogens (tertiary/aromatic N) is 2. The first-order chi connectivity index (χ1) is 10.6. The zero-order valence-corrected chi connectivity index (χ0v) is 12.5. The molecular formula is C16H14N2O3S. The molecule has 3 rings (SSSR count). The Bertz CT molecular complexity index is 706. The molecule has 0 radical (unpaired) electrons. The smallest absolute Gasteiger partial charge is 0.269 e. The summed E-state index contributed by atoms with van der Waals surface area (Å²) in [6.45, 7) is 0.514. The number of carbonyl (C=O) groups is 1. The number of nitro benzene ring substituents is 1. The first kappa shape index (κ1) is 14.6. The van der Waals surface area contributed by atoms with Crippen LogP contribution in [0.25, 0.3) is 0 Å². The molecule has 1 amide bonds. The van der Waals surface area contributed by atoms with E-state index in [0.29, 0.717) is 12.3 Å². The summed E-state index contributed by atoms with van der Waals surface area (Å²) in [5.74, 6) is 0.463. The van der Waals surface area contributed by atoms with Crippen LogP contribution in [0.2, 0.25) is 0 Å². The van der Waals surface area contributed by atoms with E-state index in [9.17, 15) is 14.9 Å². The summed E-state index contributed by atoms with van der Waals surface area (Å²) in [5, 5.41) is 10.7. The van der Waals surface area contributed by atoms with Crippen LogP contribution >= 0.6 is 11.8 Å². The predicted octanol–water partition coefficient (Wildman–Crippen LogP) is 3.37. The van der Waals surface area contributed by atoms with Gasteiger partial charge in [0.2, 0.25) is 5.91 Å². The minimum atomic E-state index is -0.410. The molecule has 112 valence electrons. The second kappa shape index (κ2) is 6.19. The largest absolute Gasteiger partial charge is 0.322 e. The summed E-state index contributed by atoms with van der Waals surface area (Å²) < 4.78 is 0. The molecule has 0 bridgehead atoms. The van der Waals surface area contributed by atoms with Gasteiger partial charge in [0.15, 0.2) is 0 Å². The molecule has 1 aliphatic rings. The molecule has 2 aromatic carbocycles. The minimum Gasteiger partial charge on any atom is -0.322 e. The number of benzene rings is 2. The van der Waals surface area contributed by atoms with E-state index in [0.717, 1.165) is 11.1 Å². The van der Waals surface area contributed by atoms with Crippen molar-refractivity contribution < 1.29 is 9.72 Å². The molecule has 1 aliphatic heterocycles. The quantitative estimate of drug-likeness (QED) is 0.641. The van der Waals surface area contributed by atoms with Gasteiger partial charge in [-0.05, 0) is 11.1 Å². The standard InChI is InChI=1S/C16H14N2O3S/c19-15-11-22-16(13-7-4-8-14(9-13)18(20)21)17(15)10-12-5-2-1-3-6-12/h1-9,16H,10-11H2/t16-/m0/s1. The molecule has 0 saturated carbocycles. The first-order valence-corrected chi connectivity index (χ1v) is 7.89. The Labute approximate surface area is 132 Å². The fourth-order valence-corrected chi connectivity index (χ4v) is 3.65. The maximum absolute atomic E-state index is 12.2. The molecule has 1 atom stereocenters. The third kappa shape index (κ3) is 2.96. The summed E-state index contributed by atoms with van der Waals surface area (Å²) in [5.41, 5.74) is 1.90. The summed E-state index contributed by atoms with van der Waals surface area (Å²) in [6, 6.07) is 16.3. The zero-order valence-electron chi connectivity index (χ0n) is 11.7. The third-order valence-corrected chi connectivity index (χ3v) is 4.79. The lowest BCUT2D eigenvalue weighted by atomic mass is 10.1. The number of nitro groups is 1.